The summed E-state index contributed by atoms with van der Waals surface area (Å²) in [5, 5.41) is 4.06. The number of aromatic nitrogens is 2. The molecule has 4 nitrogen and oxygen atoms in total. The third-order valence-electron chi connectivity index (χ3n) is 2.64. The minimum atomic E-state index is -0.371. The fourth-order valence-corrected chi connectivity index (χ4v) is 1.67. The second-order valence-electron chi connectivity index (χ2n) is 4.09. The van der Waals surface area contributed by atoms with Gasteiger partial charge in [-0.05, 0) is 23.3 Å². The van der Waals surface area contributed by atoms with E-state index in [1.807, 2.05) is 13.2 Å². The molecule has 0 spiro atoms. The largest absolute Gasteiger partial charge is 0.490 e. The Morgan fingerprint density at radius 1 is 1.39 bits per heavy atom. The summed E-state index contributed by atoms with van der Waals surface area (Å²) in [7, 11) is 1.86. The van der Waals surface area contributed by atoms with Crippen molar-refractivity contribution >= 4 is 0 Å². The Balaban J connectivity index is 1.90. The molecule has 1 aromatic heterocycles. The van der Waals surface area contributed by atoms with Gasteiger partial charge in [-0.25, -0.2) is 4.39 Å². The van der Waals surface area contributed by atoms with E-state index >= 15 is 0 Å². The zero-order valence-electron chi connectivity index (χ0n) is 10.3. The van der Waals surface area contributed by atoms with E-state index in [1.165, 1.54) is 6.07 Å². The van der Waals surface area contributed by atoms with Gasteiger partial charge in [-0.2, -0.15) is 5.10 Å². The van der Waals surface area contributed by atoms with Crippen LogP contribution >= 0.6 is 0 Å². The van der Waals surface area contributed by atoms with Crippen LogP contribution in [0, 0.1) is 5.82 Å². The standard InChI is InChI=1S/C13H16FN3O/c1-17-9-11(8-16-17)4-5-18-13-3-2-10(7-15)6-12(13)14/h2-3,6,8-9H,4-5,7,15H2,1H3. The highest BCUT2D eigenvalue weighted by Crippen LogP contribution is 2.18. The van der Waals surface area contributed by atoms with Crippen molar-refractivity contribution in [2.24, 2.45) is 12.8 Å². The Kier molecular flexibility index (Phi) is 3.94. The molecule has 0 saturated carbocycles. The van der Waals surface area contributed by atoms with Crippen molar-refractivity contribution in [3.63, 3.8) is 0 Å². The van der Waals surface area contributed by atoms with Crippen LogP contribution in [0.1, 0.15) is 11.1 Å². The predicted octanol–water partition coefficient (Wildman–Crippen LogP) is 1.64. The second kappa shape index (κ2) is 5.64. The van der Waals surface area contributed by atoms with Crippen LogP contribution in [-0.2, 0) is 20.0 Å². The highest BCUT2D eigenvalue weighted by molar-refractivity contribution is 5.29. The summed E-state index contributed by atoms with van der Waals surface area (Å²) in [4.78, 5) is 0. The lowest BCUT2D eigenvalue weighted by atomic mass is 10.2. The number of hydrogen-bond acceptors (Lipinski definition) is 3. The molecule has 2 aromatic rings. The van der Waals surface area contributed by atoms with Gasteiger partial charge in [-0.1, -0.05) is 6.07 Å². The highest BCUT2D eigenvalue weighted by Gasteiger charge is 2.04. The van der Waals surface area contributed by atoms with E-state index in [2.05, 4.69) is 5.10 Å². The molecule has 0 radical (unpaired) electrons. The molecule has 0 amide bonds. The maximum atomic E-state index is 13.6. The van der Waals surface area contributed by atoms with Crippen LogP contribution in [0.4, 0.5) is 4.39 Å². The first-order valence-corrected chi connectivity index (χ1v) is 5.78. The quantitative estimate of drug-likeness (QED) is 0.876. The zero-order chi connectivity index (χ0) is 13.0. The van der Waals surface area contributed by atoms with E-state index < -0.39 is 0 Å². The molecule has 0 saturated heterocycles. The first-order chi connectivity index (χ1) is 8.69. The summed E-state index contributed by atoms with van der Waals surface area (Å²) in [6.45, 7) is 0.747. The van der Waals surface area contributed by atoms with Crippen LogP contribution in [0.5, 0.6) is 5.75 Å². The van der Waals surface area contributed by atoms with Crippen LogP contribution in [0.25, 0.3) is 0 Å². The van der Waals surface area contributed by atoms with Gasteiger partial charge in [0.2, 0.25) is 0 Å². The number of benzene rings is 1. The molecule has 1 heterocycles. The number of rotatable bonds is 5. The van der Waals surface area contributed by atoms with Crippen molar-refractivity contribution in [3.05, 3.63) is 47.5 Å². The number of aryl methyl sites for hydroxylation is 1. The van der Waals surface area contributed by atoms with Crippen molar-refractivity contribution < 1.29 is 9.13 Å². The summed E-state index contributed by atoms with van der Waals surface area (Å²) in [6.07, 6.45) is 4.39. The van der Waals surface area contributed by atoms with E-state index in [4.69, 9.17) is 10.5 Å². The van der Waals surface area contributed by atoms with Gasteiger partial charge in [-0.15, -0.1) is 0 Å². The monoisotopic (exact) mass is 249 g/mol. The predicted molar refractivity (Wildman–Crippen MR) is 66.7 cm³/mol. The molecule has 0 fully saturated rings. The van der Waals surface area contributed by atoms with Crippen molar-refractivity contribution in [3.8, 4) is 5.75 Å². The van der Waals surface area contributed by atoms with E-state index in [0.717, 1.165) is 11.1 Å². The van der Waals surface area contributed by atoms with Gasteiger partial charge < -0.3 is 10.5 Å². The van der Waals surface area contributed by atoms with Crippen molar-refractivity contribution in [2.45, 2.75) is 13.0 Å². The maximum Gasteiger partial charge on any atom is 0.165 e. The lowest BCUT2D eigenvalue weighted by molar-refractivity contribution is 0.305. The molecule has 0 aliphatic rings. The first kappa shape index (κ1) is 12.6. The minimum absolute atomic E-state index is 0.260. The van der Waals surface area contributed by atoms with Crippen molar-refractivity contribution in [2.75, 3.05) is 6.61 Å². The lowest BCUT2D eigenvalue weighted by Gasteiger charge is -2.07. The van der Waals surface area contributed by atoms with E-state index in [-0.39, 0.29) is 11.6 Å². The van der Waals surface area contributed by atoms with Crippen molar-refractivity contribution in [1.82, 2.24) is 9.78 Å². The van der Waals surface area contributed by atoms with Crippen LogP contribution < -0.4 is 10.5 Å². The SMILES string of the molecule is Cn1cc(CCOc2ccc(CN)cc2F)cn1. The zero-order valence-corrected chi connectivity index (χ0v) is 10.3. The lowest BCUT2D eigenvalue weighted by Crippen LogP contribution is -2.03. The molecular weight excluding hydrogens is 233 g/mol. The molecule has 5 heteroatoms. The molecule has 0 atom stereocenters. The van der Waals surface area contributed by atoms with Crippen LogP contribution in [0.2, 0.25) is 0 Å². The summed E-state index contributed by atoms with van der Waals surface area (Å²) in [6, 6.07) is 4.78. The normalized spacial score (nSPS) is 10.6. The molecule has 2 rings (SSSR count). The Bertz CT molecular complexity index is 525. The molecular formula is C13H16FN3O. The second-order valence-corrected chi connectivity index (χ2v) is 4.09. The van der Waals surface area contributed by atoms with Gasteiger partial charge in [0, 0.05) is 26.2 Å². The minimum Gasteiger partial charge on any atom is -0.490 e. The molecule has 1 aromatic carbocycles. The van der Waals surface area contributed by atoms with Gasteiger partial charge >= 0.3 is 0 Å². The van der Waals surface area contributed by atoms with Crippen molar-refractivity contribution in [1.29, 1.82) is 0 Å². The van der Waals surface area contributed by atoms with E-state index in [9.17, 15) is 4.39 Å². The summed E-state index contributed by atoms with van der Waals surface area (Å²) in [5.41, 5.74) is 7.25. The highest BCUT2D eigenvalue weighted by atomic mass is 19.1. The Labute approximate surface area is 105 Å². The number of halogens is 1. The van der Waals surface area contributed by atoms with Gasteiger partial charge in [0.05, 0.1) is 12.8 Å². The third-order valence-corrected chi connectivity index (χ3v) is 2.64. The Hall–Kier alpha value is -1.88. The van der Waals surface area contributed by atoms with Crippen LogP contribution in [-0.4, -0.2) is 16.4 Å². The Morgan fingerprint density at radius 2 is 2.22 bits per heavy atom. The molecule has 0 bridgehead atoms. The molecule has 0 aliphatic carbocycles. The van der Waals surface area contributed by atoms with E-state index in [0.29, 0.717) is 19.6 Å². The number of nitrogens with zero attached hydrogens (tertiary/aromatic N) is 2. The van der Waals surface area contributed by atoms with Crippen LogP contribution in [0.15, 0.2) is 30.6 Å². The van der Waals surface area contributed by atoms with Gasteiger partial charge in [0.1, 0.15) is 0 Å². The number of ether oxygens (including phenoxy) is 1. The van der Waals surface area contributed by atoms with Gasteiger partial charge in [0.25, 0.3) is 0 Å². The summed E-state index contributed by atoms with van der Waals surface area (Å²) < 4.78 is 20.7. The molecule has 2 N–H and O–H groups in total. The average molecular weight is 249 g/mol. The third kappa shape index (κ3) is 3.07. The first-order valence-electron chi connectivity index (χ1n) is 5.78. The van der Waals surface area contributed by atoms with E-state index in [1.54, 1.807) is 23.0 Å². The van der Waals surface area contributed by atoms with Crippen LogP contribution in [0.3, 0.4) is 0 Å². The summed E-state index contributed by atoms with van der Waals surface area (Å²) in [5.74, 6) is -0.111. The fourth-order valence-electron chi connectivity index (χ4n) is 1.67. The Morgan fingerprint density at radius 3 is 2.83 bits per heavy atom. The summed E-state index contributed by atoms with van der Waals surface area (Å²) >= 11 is 0. The topological polar surface area (TPSA) is 53.1 Å². The molecule has 18 heavy (non-hydrogen) atoms. The van der Waals surface area contributed by atoms with Gasteiger partial charge in [-0.3, -0.25) is 4.68 Å². The maximum absolute atomic E-state index is 13.6. The number of hydrogen-bond donors (Lipinski definition) is 1. The smallest absolute Gasteiger partial charge is 0.165 e. The molecule has 0 aliphatic heterocycles. The molecule has 0 unspecified atom stereocenters. The average Bonchev–Trinajstić information content (AvgIpc) is 2.77. The van der Waals surface area contributed by atoms with Gasteiger partial charge in [0.15, 0.2) is 11.6 Å². The fraction of sp³-hybridized carbons (Fsp3) is 0.308. The molecule has 96 valence electrons. The number of nitrogens with two attached hydrogens (primary N) is 1.